The van der Waals surface area contributed by atoms with Gasteiger partial charge in [0.05, 0.1) is 0 Å². The monoisotopic (exact) mass is 773 g/mol. The van der Waals surface area contributed by atoms with Crippen LogP contribution in [0.1, 0.15) is 23.1 Å². The van der Waals surface area contributed by atoms with E-state index in [4.69, 9.17) is 0 Å². The fraction of sp³-hybridized carbons (Fsp3) is 0.189. The van der Waals surface area contributed by atoms with E-state index in [1.165, 1.54) is 96.6 Å². The molecule has 0 N–H and O–H groups in total. The molecule has 0 atom stereocenters. The number of rotatable bonds is 2. The summed E-state index contributed by atoms with van der Waals surface area (Å²) < 4.78 is 0. The number of anilines is 2. The minimum atomic E-state index is 0. The Morgan fingerprint density at radius 3 is 1.90 bits per heavy atom. The second kappa shape index (κ2) is 15.9. The molecule has 6 aromatic carbocycles. The van der Waals surface area contributed by atoms with E-state index >= 15 is 0 Å². The van der Waals surface area contributed by atoms with Crippen molar-refractivity contribution in [1.29, 1.82) is 0 Å². The first-order chi connectivity index (χ1) is 19.4. The molecule has 214 valence electrons. The van der Waals surface area contributed by atoms with Crippen LogP contribution in [0.15, 0.2) is 115 Å². The summed E-state index contributed by atoms with van der Waals surface area (Å²) in [4.78, 5) is 2.49. The van der Waals surface area contributed by atoms with Crippen molar-refractivity contribution in [3.05, 3.63) is 132 Å². The van der Waals surface area contributed by atoms with Crippen LogP contribution in [-0.4, -0.2) is 12.0 Å². The van der Waals surface area contributed by atoms with Crippen LogP contribution in [0.5, 0.6) is 0 Å². The fourth-order valence-corrected chi connectivity index (χ4v) is 5.64. The Balaban J connectivity index is 0.000000200. The second-order valence-electron chi connectivity index (χ2n) is 10.9. The summed E-state index contributed by atoms with van der Waals surface area (Å²) in [6, 6.07) is 41.6. The molecule has 0 saturated carbocycles. The molecular weight excluding hydrogens is 736 g/mol. The molecule has 0 aliphatic carbocycles. The molecule has 0 bridgehead atoms. The van der Waals surface area contributed by atoms with Crippen molar-refractivity contribution in [3.8, 4) is 11.1 Å². The van der Waals surface area contributed by atoms with Gasteiger partial charge < -0.3 is 29.7 Å². The Morgan fingerprint density at radius 2 is 1.21 bits per heavy atom. The molecular formula is C37H37Cl2HfNSi-2. The van der Waals surface area contributed by atoms with Crippen molar-refractivity contribution in [2.75, 3.05) is 11.4 Å². The standard InChI is InChI=1S/C19H18N.C16H13.C2H6Si.2ClH.Hf/c1-14-12-16-7-4-10-19(17(16)13-14)20-11-5-8-15-6-2-3-9-18(15)20;1-12-10-14-8-5-9-15(16(14)11-12)13-6-3-2-4-7-13;1-3-2;;;/h2-4,6-7,9-10,12-13H,5,8,11H2,1H3;2-11H,1H3;1-2H3;2*1H;/q2*-1;;;;+2/p-2. The first kappa shape index (κ1) is 34.1. The zero-order chi connectivity index (χ0) is 28.1. The van der Waals surface area contributed by atoms with Gasteiger partial charge in [-0.1, -0.05) is 80.1 Å². The van der Waals surface area contributed by atoms with Crippen molar-refractivity contribution < 1.29 is 47.8 Å². The van der Waals surface area contributed by atoms with E-state index in [9.17, 15) is 0 Å². The topological polar surface area (TPSA) is 3.24 Å². The van der Waals surface area contributed by atoms with Gasteiger partial charge >= 0.3 is 41.6 Å². The van der Waals surface area contributed by atoms with Gasteiger partial charge in [0.2, 0.25) is 0 Å². The molecule has 0 aromatic heterocycles. The maximum atomic E-state index is 2.49. The van der Waals surface area contributed by atoms with E-state index in [1.54, 1.807) is 0 Å². The van der Waals surface area contributed by atoms with Crippen molar-refractivity contribution >= 4 is 38.4 Å². The molecule has 1 nitrogen and oxygen atoms in total. The van der Waals surface area contributed by atoms with Crippen LogP contribution >= 0.6 is 0 Å². The van der Waals surface area contributed by atoms with Crippen LogP contribution < -0.4 is 29.7 Å². The Labute approximate surface area is 278 Å². The number of hydrogen-bond donors (Lipinski definition) is 0. The summed E-state index contributed by atoms with van der Waals surface area (Å²) in [5.41, 5.74) is 9.75. The van der Waals surface area contributed by atoms with Gasteiger partial charge in [0.1, 0.15) is 0 Å². The van der Waals surface area contributed by atoms with Gasteiger partial charge in [-0.15, -0.1) is 69.1 Å². The summed E-state index contributed by atoms with van der Waals surface area (Å²) in [5, 5.41) is 5.41. The molecule has 0 unspecified atom stereocenters. The van der Waals surface area contributed by atoms with Crippen LogP contribution in [0.4, 0.5) is 11.4 Å². The largest absolute Gasteiger partial charge is 1.00 e. The maximum absolute atomic E-state index is 2.49. The van der Waals surface area contributed by atoms with Gasteiger partial charge in [-0.05, 0) is 35.7 Å². The third-order valence-corrected chi connectivity index (χ3v) is 7.25. The van der Waals surface area contributed by atoms with Crippen LogP contribution in [0.25, 0.3) is 32.7 Å². The number of nitrogens with zero attached hydrogens (tertiary/aromatic N) is 1. The molecule has 1 aliphatic rings. The van der Waals surface area contributed by atoms with Crippen LogP contribution in [-0.2, 0) is 29.4 Å². The van der Waals surface area contributed by atoms with Crippen LogP contribution in [0.3, 0.4) is 0 Å². The third-order valence-electron chi connectivity index (χ3n) is 7.25. The molecule has 0 amide bonds. The van der Waals surface area contributed by atoms with E-state index in [2.05, 4.69) is 147 Å². The molecule has 42 heavy (non-hydrogen) atoms. The number of para-hydroxylation sites is 1. The first-order valence-electron chi connectivity index (χ1n) is 14.2. The molecule has 0 radical (unpaired) electrons. The van der Waals surface area contributed by atoms with E-state index in [0.717, 1.165) is 6.54 Å². The van der Waals surface area contributed by atoms with E-state index in [1.807, 2.05) is 0 Å². The van der Waals surface area contributed by atoms with Crippen molar-refractivity contribution in [3.63, 3.8) is 0 Å². The van der Waals surface area contributed by atoms with E-state index in [0.29, 0.717) is 0 Å². The molecule has 5 heteroatoms. The van der Waals surface area contributed by atoms with Gasteiger partial charge in [0, 0.05) is 12.2 Å². The van der Waals surface area contributed by atoms with Crippen molar-refractivity contribution in [2.24, 2.45) is 0 Å². The van der Waals surface area contributed by atoms with Gasteiger partial charge in [0.15, 0.2) is 0 Å². The Kier molecular flexibility index (Phi) is 12.9. The van der Waals surface area contributed by atoms with Crippen LogP contribution in [0, 0.1) is 13.8 Å². The summed E-state index contributed by atoms with van der Waals surface area (Å²) >= 11 is 1.45. The summed E-state index contributed by atoms with van der Waals surface area (Å²) in [7, 11) is 0. The minimum absolute atomic E-state index is 0. The van der Waals surface area contributed by atoms with Crippen molar-refractivity contribution in [2.45, 2.75) is 39.8 Å². The molecule has 0 spiro atoms. The molecule has 6 aromatic rings. The normalized spacial score (nSPS) is 11.7. The average Bonchev–Trinajstić information content (AvgIpc) is 3.54. The minimum Gasteiger partial charge on any atom is -1.00 e. The zero-order valence-electron chi connectivity index (χ0n) is 24.8. The molecule has 1 aliphatic heterocycles. The molecule has 0 saturated heterocycles. The van der Waals surface area contributed by atoms with E-state index in [-0.39, 0.29) is 30.3 Å². The predicted octanol–water partition coefficient (Wildman–Crippen LogP) is 4.28. The third kappa shape index (κ3) is 8.14. The van der Waals surface area contributed by atoms with Gasteiger partial charge in [0.25, 0.3) is 0 Å². The van der Waals surface area contributed by atoms with Gasteiger partial charge in [-0.2, -0.15) is 12.1 Å². The zero-order valence-corrected chi connectivity index (χ0v) is 30.9. The first-order valence-corrected chi connectivity index (χ1v) is 22.0. The summed E-state index contributed by atoms with van der Waals surface area (Å²) in [6.07, 6.45) is 2.43. The number of benzene rings is 4. The Hall–Kier alpha value is -2.43. The summed E-state index contributed by atoms with van der Waals surface area (Å²) in [6.45, 7) is 10.1. The SMILES string of the molecule is C[Si](C)=[Hf+2].Cc1cc2c(-c3ccccc3)cccc2[cH-]1.Cc1cc2c(N3CCCc4ccccc43)cccc2[cH-]1.[Cl-].[Cl-]. The average molecular weight is 773 g/mol. The summed E-state index contributed by atoms with van der Waals surface area (Å²) in [5.74, 6) is 0. The Bertz CT molecular complexity index is 1750. The molecule has 1 heterocycles. The quantitative estimate of drug-likeness (QED) is 0.188. The second-order valence-corrected chi connectivity index (χ2v) is 23.7. The smallest absolute Gasteiger partial charge is 0.0436 e. The van der Waals surface area contributed by atoms with Crippen molar-refractivity contribution in [1.82, 2.24) is 0 Å². The predicted molar refractivity (Wildman–Crippen MR) is 173 cm³/mol. The number of hydrogen-bond acceptors (Lipinski definition) is 1. The fourth-order valence-electron chi connectivity index (χ4n) is 5.64. The van der Waals surface area contributed by atoms with E-state index < -0.39 is 0 Å². The molecule has 7 rings (SSSR count). The maximum Gasteiger partial charge on any atom is 0.0436 e. The number of fused-ring (bicyclic) bond motifs is 3. The van der Waals surface area contributed by atoms with Gasteiger partial charge in [-0.3, -0.25) is 0 Å². The number of aryl methyl sites for hydroxylation is 3. The number of halogens is 2. The van der Waals surface area contributed by atoms with Crippen LogP contribution in [0.2, 0.25) is 13.1 Å². The molecule has 0 fully saturated rings. The Morgan fingerprint density at radius 1 is 0.667 bits per heavy atom. The van der Waals surface area contributed by atoms with Gasteiger partial charge in [-0.25, -0.2) is 0 Å².